The Labute approximate surface area is 157 Å². The highest BCUT2D eigenvalue weighted by Gasteiger charge is 2.29. The van der Waals surface area contributed by atoms with Gasteiger partial charge in [-0.25, -0.2) is 0 Å². The van der Waals surface area contributed by atoms with Gasteiger partial charge in [-0.15, -0.1) is 0 Å². The van der Waals surface area contributed by atoms with Gasteiger partial charge in [0.1, 0.15) is 5.75 Å². The molecule has 1 aliphatic carbocycles. The van der Waals surface area contributed by atoms with Crippen LogP contribution in [0.25, 0.3) is 17.0 Å². The van der Waals surface area contributed by atoms with E-state index in [0.717, 1.165) is 28.1 Å². The van der Waals surface area contributed by atoms with E-state index in [1.807, 2.05) is 25.1 Å². The molecule has 2 aromatic heterocycles. The predicted octanol–water partition coefficient (Wildman–Crippen LogP) is 1.90. The molecule has 142 valence electrons. The first-order chi connectivity index (χ1) is 12.9. The average molecular weight is 369 g/mol. The van der Waals surface area contributed by atoms with Gasteiger partial charge in [-0.2, -0.15) is 0 Å². The number of pyridine rings is 2. The van der Waals surface area contributed by atoms with Crippen molar-refractivity contribution in [3.05, 3.63) is 50.6 Å². The third kappa shape index (κ3) is 2.83. The Balaban J connectivity index is 1.85. The standard InChI is InChI=1S/C20H23N3O4/c1-22(2)9-13-12-6-11-8-23-16(7-18(25)14(10-27-3)20(23)26)19(11)21-15(12)4-5-17(13)24/h6-7,24-25H,4-5,8-10H2,1-3H3. The molecule has 2 aliphatic rings. The third-order valence-electron chi connectivity index (χ3n) is 5.16. The average Bonchev–Trinajstić information content (AvgIpc) is 2.97. The molecule has 7 nitrogen and oxygen atoms in total. The summed E-state index contributed by atoms with van der Waals surface area (Å²) in [5.74, 6) is 0.344. The van der Waals surface area contributed by atoms with Crippen molar-refractivity contribution in [1.29, 1.82) is 0 Å². The molecule has 27 heavy (non-hydrogen) atoms. The number of aromatic nitrogens is 2. The van der Waals surface area contributed by atoms with Crippen LogP contribution in [0.1, 0.15) is 28.8 Å². The molecule has 0 bridgehead atoms. The molecule has 0 aromatic carbocycles. The fourth-order valence-corrected chi connectivity index (χ4v) is 3.90. The van der Waals surface area contributed by atoms with Crippen LogP contribution in [-0.2, 0) is 24.3 Å². The number of aryl methyl sites for hydroxylation is 1. The van der Waals surface area contributed by atoms with Gasteiger partial charge in [-0.1, -0.05) is 0 Å². The number of hydrogen-bond donors (Lipinski definition) is 2. The fraction of sp³-hybridized carbons (Fsp3) is 0.400. The van der Waals surface area contributed by atoms with Crippen molar-refractivity contribution in [3.8, 4) is 17.1 Å². The van der Waals surface area contributed by atoms with Gasteiger partial charge in [-0.05, 0) is 26.6 Å². The quantitative estimate of drug-likeness (QED) is 0.730. The van der Waals surface area contributed by atoms with Crippen molar-refractivity contribution in [2.24, 2.45) is 0 Å². The van der Waals surface area contributed by atoms with Crippen molar-refractivity contribution in [1.82, 2.24) is 14.5 Å². The number of aromatic hydroxyl groups is 1. The Morgan fingerprint density at radius 2 is 2.04 bits per heavy atom. The highest BCUT2D eigenvalue weighted by molar-refractivity contribution is 5.76. The van der Waals surface area contributed by atoms with E-state index in [2.05, 4.69) is 0 Å². The lowest BCUT2D eigenvalue weighted by Gasteiger charge is -2.23. The topological polar surface area (TPSA) is 87.8 Å². The number of nitrogens with zero attached hydrogens (tertiary/aromatic N) is 3. The van der Waals surface area contributed by atoms with Crippen molar-refractivity contribution >= 4 is 5.57 Å². The minimum Gasteiger partial charge on any atom is -0.512 e. The lowest BCUT2D eigenvalue weighted by atomic mass is 9.91. The van der Waals surface area contributed by atoms with Crippen LogP contribution in [0.15, 0.2) is 22.7 Å². The second-order valence-corrected chi connectivity index (χ2v) is 7.37. The van der Waals surface area contributed by atoms with Crippen LogP contribution in [0.4, 0.5) is 0 Å². The fourth-order valence-electron chi connectivity index (χ4n) is 3.90. The van der Waals surface area contributed by atoms with Gasteiger partial charge in [0.05, 0.1) is 35.9 Å². The number of rotatable bonds is 4. The van der Waals surface area contributed by atoms with Crippen molar-refractivity contribution in [3.63, 3.8) is 0 Å². The van der Waals surface area contributed by atoms with E-state index in [-0.39, 0.29) is 23.5 Å². The second kappa shape index (κ2) is 6.51. The summed E-state index contributed by atoms with van der Waals surface area (Å²) >= 11 is 0. The predicted molar refractivity (Wildman–Crippen MR) is 102 cm³/mol. The Morgan fingerprint density at radius 1 is 1.26 bits per heavy atom. The molecule has 0 fully saturated rings. The first-order valence-corrected chi connectivity index (χ1v) is 8.94. The van der Waals surface area contributed by atoms with Crippen molar-refractivity contribution in [2.45, 2.75) is 26.0 Å². The number of likely N-dealkylation sites (N-methyl/N-ethyl adjacent to an activating group) is 1. The first-order valence-electron chi connectivity index (χ1n) is 8.94. The lowest BCUT2D eigenvalue weighted by Crippen LogP contribution is -2.23. The molecular weight excluding hydrogens is 346 g/mol. The van der Waals surface area contributed by atoms with Gasteiger partial charge >= 0.3 is 0 Å². The van der Waals surface area contributed by atoms with E-state index in [1.54, 1.807) is 10.6 Å². The monoisotopic (exact) mass is 369 g/mol. The third-order valence-corrected chi connectivity index (χ3v) is 5.16. The summed E-state index contributed by atoms with van der Waals surface area (Å²) < 4.78 is 6.67. The van der Waals surface area contributed by atoms with Crippen LogP contribution >= 0.6 is 0 Å². The largest absolute Gasteiger partial charge is 0.512 e. The normalized spacial score (nSPS) is 15.1. The van der Waals surface area contributed by atoms with Gasteiger partial charge in [0.25, 0.3) is 5.56 Å². The van der Waals surface area contributed by atoms with Crippen molar-refractivity contribution in [2.75, 3.05) is 27.7 Å². The number of aliphatic hydroxyl groups is 1. The molecule has 2 N–H and O–H groups in total. The molecule has 0 amide bonds. The zero-order valence-corrected chi connectivity index (χ0v) is 15.7. The maximum Gasteiger partial charge on any atom is 0.260 e. The zero-order valence-electron chi connectivity index (χ0n) is 15.7. The minimum atomic E-state index is -0.255. The van der Waals surface area contributed by atoms with Gasteiger partial charge in [-0.3, -0.25) is 9.78 Å². The number of methoxy groups -OCH3 is 1. The van der Waals surface area contributed by atoms with E-state index in [0.29, 0.717) is 37.4 Å². The van der Waals surface area contributed by atoms with Crippen LogP contribution < -0.4 is 5.56 Å². The van der Waals surface area contributed by atoms with Crippen LogP contribution in [-0.4, -0.2) is 52.4 Å². The lowest BCUT2D eigenvalue weighted by molar-refractivity contribution is 0.180. The van der Waals surface area contributed by atoms with Gasteiger partial charge in [0, 0.05) is 48.5 Å². The van der Waals surface area contributed by atoms with Gasteiger partial charge in [0.15, 0.2) is 0 Å². The molecule has 0 saturated heterocycles. The Hall–Kier alpha value is -2.64. The van der Waals surface area contributed by atoms with E-state index in [4.69, 9.17) is 9.72 Å². The maximum atomic E-state index is 12.8. The van der Waals surface area contributed by atoms with Crippen LogP contribution in [0, 0.1) is 0 Å². The number of ether oxygens (including phenoxy) is 1. The molecular formula is C20H23N3O4. The number of aliphatic hydroxyl groups excluding tert-OH is 1. The summed E-state index contributed by atoms with van der Waals surface area (Å²) in [7, 11) is 5.42. The molecule has 0 radical (unpaired) electrons. The molecule has 0 spiro atoms. The molecule has 2 aromatic rings. The van der Waals surface area contributed by atoms with E-state index in [1.165, 1.54) is 7.11 Å². The first kappa shape index (κ1) is 17.8. The smallest absolute Gasteiger partial charge is 0.260 e. The second-order valence-electron chi connectivity index (χ2n) is 7.37. The maximum absolute atomic E-state index is 12.8. The molecule has 4 rings (SSSR count). The number of allylic oxidation sites excluding steroid dienone is 1. The highest BCUT2D eigenvalue weighted by Crippen LogP contribution is 2.37. The van der Waals surface area contributed by atoms with Gasteiger partial charge < -0.3 is 24.4 Å². The Morgan fingerprint density at radius 3 is 2.74 bits per heavy atom. The summed E-state index contributed by atoms with van der Waals surface area (Å²) in [5, 5.41) is 20.6. The highest BCUT2D eigenvalue weighted by atomic mass is 16.5. The SMILES string of the molecule is COCc1c(O)cc2n(c1=O)Cc1cc3c(nc1-2)CCC(O)=C3CN(C)C. The Kier molecular flexibility index (Phi) is 4.28. The summed E-state index contributed by atoms with van der Waals surface area (Å²) in [6.45, 7) is 1.09. The van der Waals surface area contributed by atoms with E-state index in [9.17, 15) is 15.0 Å². The molecule has 3 heterocycles. The Bertz CT molecular complexity index is 1020. The minimum absolute atomic E-state index is 0.0636. The van der Waals surface area contributed by atoms with Crippen LogP contribution in [0.5, 0.6) is 5.75 Å². The van der Waals surface area contributed by atoms with E-state index >= 15 is 0 Å². The molecule has 0 atom stereocenters. The molecule has 0 unspecified atom stereocenters. The van der Waals surface area contributed by atoms with Crippen LogP contribution in [0.3, 0.4) is 0 Å². The van der Waals surface area contributed by atoms with E-state index < -0.39 is 0 Å². The summed E-state index contributed by atoms with van der Waals surface area (Å²) in [4.78, 5) is 19.6. The number of hydrogen-bond acceptors (Lipinski definition) is 6. The summed E-state index contributed by atoms with van der Waals surface area (Å²) in [6, 6.07) is 3.63. The zero-order chi connectivity index (χ0) is 19.3. The van der Waals surface area contributed by atoms with Crippen LogP contribution in [0.2, 0.25) is 0 Å². The van der Waals surface area contributed by atoms with Gasteiger partial charge in [0.2, 0.25) is 0 Å². The van der Waals surface area contributed by atoms with Crippen molar-refractivity contribution < 1.29 is 14.9 Å². The molecule has 1 aliphatic heterocycles. The molecule has 0 saturated carbocycles. The summed E-state index contributed by atoms with van der Waals surface area (Å²) in [5.41, 5.74) is 5.05. The summed E-state index contributed by atoms with van der Waals surface area (Å²) in [6.07, 6.45) is 1.22. The molecule has 7 heteroatoms. The number of fused-ring (bicyclic) bond motifs is 4.